The molecule has 2 aromatic heterocycles. The molecule has 0 aliphatic heterocycles. The van der Waals surface area contributed by atoms with Gasteiger partial charge in [-0.3, -0.25) is 15.1 Å². The zero-order valence-corrected chi connectivity index (χ0v) is 9.19. The van der Waals surface area contributed by atoms with E-state index in [2.05, 4.69) is 20.2 Å². The maximum atomic E-state index is 11.3. The van der Waals surface area contributed by atoms with Gasteiger partial charge in [-0.2, -0.15) is 5.10 Å². The largest absolute Gasteiger partial charge is 0.275 e. The first kappa shape index (κ1) is 10.7. The standard InChI is InChI=1S/C8H9N5O2S/c1-5-7(11-3-2-10-5)8-6(4-12-13-8)16(9,14)15/h2-4H,1H3,(H,12,13)(H2,9,14,15). The number of hydrogen-bond acceptors (Lipinski definition) is 5. The lowest BCUT2D eigenvalue weighted by molar-refractivity contribution is 0.598. The van der Waals surface area contributed by atoms with Crippen LogP contribution in [0.15, 0.2) is 23.5 Å². The van der Waals surface area contributed by atoms with Gasteiger partial charge in [0.05, 0.1) is 11.9 Å². The number of sulfonamides is 1. The third-order valence-corrected chi connectivity index (χ3v) is 2.95. The van der Waals surface area contributed by atoms with Crippen LogP contribution in [-0.2, 0) is 10.0 Å². The van der Waals surface area contributed by atoms with Crippen molar-refractivity contribution in [2.75, 3.05) is 0 Å². The van der Waals surface area contributed by atoms with E-state index in [1.807, 2.05) is 0 Å². The topological polar surface area (TPSA) is 115 Å². The Morgan fingerprint density at radius 2 is 2.00 bits per heavy atom. The molecular formula is C8H9N5O2S. The SMILES string of the molecule is Cc1nccnc1-c1[nH]ncc1S(N)(=O)=O. The van der Waals surface area contributed by atoms with E-state index in [0.717, 1.165) is 6.20 Å². The number of nitrogens with two attached hydrogens (primary N) is 1. The Balaban J connectivity index is 2.68. The van der Waals surface area contributed by atoms with Gasteiger partial charge in [-0.15, -0.1) is 0 Å². The highest BCUT2D eigenvalue weighted by molar-refractivity contribution is 7.89. The van der Waals surface area contributed by atoms with Gasteiger partial charge in [-0.25, -0.2) is 13.6 Å². The maximum Gasteiger partial charge on any atom is 0.241 e. The fourth-order valence-corrected chi connectivity index (χ4v) is 1.94. The lowest BCUT2D eigenvalue weighted by Crippen LogP contribution is -2.12. The summed E-state index contributed by atoms with van der Waals surface area (Å²) in [6.07, 6.45) is 4.14. The second-order valence-corrected chi connectivity index (χ2v) is 4.67. The molecule has 7 nitrogen and oxygen atoms in total. The van der Waals surface area contributed by atoms with Gasteiger partial charge in [0.2, 0.25) is 10.0 Å². The maximum absolute atomic E-state index is 11.3. The average molecular weight is 239 g/mol. The van der Waals surface area contributed by atoms with Gasteiger partial charge >= 0.3 is 0 Å². The molecular weight excluding hydrogens is 230 g/mol. The van der Waals surface area contributed by atoms with Crippen molar-refractivity contribution in [2.24, 2.45) is 5.14 Å². The Morgan fingerprint density at radius 1 is 1.31 bits per heavy atom. The second-order valence-electron chi connectivity index (χ2n) is 3.14. The van der Waals surface area contributed by atoms with Crippen LogP contribution in [0, 0.1) is 6.92 Å². The van der Waals surface area contributed by atoms with Crippen LogP contribution in [0.4, 0.5) is 0 Å². The van der Waals surface area contributed by atoms with Crippen molar-refractivity contribution in [3.8, 4) is 11.4 Å². The highest BCUT2D eigenvalue weighted by Gasteiger charge is 2.19. The van der Waals surface area contributed by atoms with Crippen molar-refractivity contribution in [3.63, 3.8) is 0 Å². The lowest BCUT2D eigenvalue weighted by Gasteiger charge is -2.02. The Hall–Kier alpha value is -1.80. The molecule has 0 bridgehead atoms. The molecule has 0 atom stereocenters. The zero-order chi connectivity index (χ0) is 11.8. The fourth-order valence-electron chi connectivity index (χ4n) is 1.31. The third kappa shape index (κ3) is 1.79. The fraction of sp³-hybridized carbons (Fsp3) is 0.125. The summed E-state index contributed by atoms with van der Waals surface area (Å²) in [5.41, 5.74) is 1.27. The van der Waals surface area contributed by atoms with Crippen molar-refractivity contribution in [1.29, 1.82) is 0 Å². The minimum Gasteiger partial charge on any atom is -0.275 e. The molecule has 0 fully saturated rings. The lowest BCUT2D eigenvalue weighted by atomic mass is 10.2. The van der Waals surface area contributed by atoms with Gasteiger partial charge < -0.3 is 0 Å². The molecule has 0 aromatic carbocycles. The molecule has 0 aliphatic carbocycles. The van der Waals surface area contributed by atoms with Gasteiger partial charge in [-0.05, 0) is 6.92 Å². The zero-order valence-electron chi connectivity index (χ0n) is 8.38. The van der Waals surface area contributed by atoms with E-state index in [0.29, 0.717) is 11.4 Å². The van der Waals surface area contributed by atoms with Crippen molar-refractivity contribution < 1.29 is 8.42 Å². The molecule has 0 amide bonds. The van der Waals surface area contributed by atoms with E-state index in [1.165, 1.54) is 12.4 Å². The highest BCUT2D eigenvalue weighted by Crippen LogP contribution is 2.23. The van der Waals surface area contributed by atoms with Crippen molar-refractivity contribution in [2.45, 2.75) is 11.8 Å². The molecule has 0 saturated heterocycles. The average Bonchev–Trinajstić information content (AvgIpc) is 2.66. The second kappa shape index (κ2) is 3.65. The molecule has 84 valence electrons. The minimum absolute atomic E-state index is 0.0869. The Morgan fingerprint density at radius 3 is 2.62 bits per heavy atom. The first-order chi connectivity index (χ1) is 7.50. The van der Waals surface area contributed by atoms with Crippen LogP contribution in [0.25, 0.3) is 11.4 Å². The third-order valence-electron chi connectivity index (χ3n) is 2.03. The Kier molecular flexibility index (Phi) is 2.44. The van der Waals surface area contributed by atoms with Crippen LogP contribution in [-0.4, -0.2) is 28.6 Å². The molecule has 16 heavy (non-hydrogen) atoms. The Bertz CT molecular complexity index is 619. The summed E-state index contributed by atoms with van der Waals surface area (Å²) in [4.78, 5) is 7.97. The van der Waals surface area contributed by atoms with E-state index in [9.17, 15) is 8.42 Å². The molecule has 0 unspecified atom stereocenters. The molecule has 0 spiro atoms. The molecule has 0 saturated carbocycles. The summed E-state index contributed by atoms with van der Waals surface area (Å²) in [5, 5.41) is 11.3. The van der Waals surface area contributed by atoms with Gasteiger partial charge in [-0.1, -0.05) is 0 Å². The summed E-state index contributed by atoms with van der Waals surface area (Å²) in [7, 11) is -3.82. The molecule has 2 rings (SSSR count). The Labute approximate surface area is 91.8 Å². The summed E-state index contributed by atoms with van der Waals surface area (Å²) in [6.45, 7) is 1.72. The number of H-pyrrole nitrogens is 1. The van der Waals surface area contributed by atoms with E-state index in [1.54, 1.807) is 6.92 Å². The van der Waals surface area contributed by atoms with Crippen LogP contribution < -0.4 is 5.14 Å². The molecule has 2 heterocycles. The van der Waals surface area contributed by atoms with Gasteiger partial charge in [0.1, 0.15) is 16.3 Å². The van der Waals surface area contributed by atoms with Crippen LogP contribution in [0.5, 0.6) is 0 Å². The minimum atomic E-state index is -3.82. The van der Waals surface area contributed by atoms with Crippen LogP contribution in [0.3, 0.4) is 0 Å². The first-order valence-electron chi connectivity index (χ1n) is 4.34. The molecule has 2 aromatic rings. The van der Waals surface area contributed by atoms with Crippen LogP contribution in [0.1, 0.15) is 5.69 Å². The number of nitrogens with zero attached hydrogens (tertiary/aromatic N) is 3. The first-order valence-corrected chi connectivity index (χ1v) is 5.89. The smallest absolute Gasteiger partial charge is 0.241 e. The van der Waals surface area contributed by atoms with Crippen molar-refractivity contribution >= 4 is 10.0 Å². The number of aryl methyl sites for hydroxylation is 1. The van der Waals surface area contributed by atoms with Crippen LogP contribution >= 0.6 is 0 Å². The summed E-state index contributed by atoms with van der Waals surface area (Å²) in [5.74, 6) is 0. The van der Waals surface area contributed by atoms with E-state index >= 15 is 0 Å². The quantitative estimate of drug-likeness (QED) is 0.754. The predicted molar refractivity (Wildman–Crippen MR) is 55.7 cm³/mol. The molecule has 8 heteroatoms. The highest BCUT2D eigenvalue weighted by atomic mass is 32.2. The van der Waals surface area contributed by atoms with E-state index in [-0.39, 0.29) is 10.6 Å². The van der Waals surface area contributed by atoms with Gasteiger partial charge in [0.15, 0.2) is 0 Å². The summed E-state index contributed by atoms with van der Waals surface area (Å²) >= 11 is 0. The van der Waals surface area contributed by atoms with E-state index in [4.69, 9.17) is 5.14 Å². The van der Waals surface area contributed by atoms with Gasteiger partial charge in [0, 0.05) is 12.4 Å². The summed E-state index contributed by atoms with van der Waals surface area (Å²) < 4.78 is 22.5. The number of primary sulfonamides is 1. The molecule has 0 radical (unpaired) electrons. The number of nitrogens with one attached hydrogen (secondary N) is 1. The van der Waals surface area contributed by atoms with Crippen molar-refractivity contribution in [3.05, 3.63) is 24.3 Å². The number of hydrogen-bond donors (Lipinski definition) is 2. The van der Waals surface area contributed by atoms with Crippen LogP contribution in [0.2, 0.25) is 0 Å². The number of aromatic nitrogens is 4. The normalized spacial score (nSPS) is 11.6. The summed E-state index contributed by atoms with van der Waals surface area (Å²) in [6, 6.07) is 0. The monoisotopic (exact) mass is 239 g/mol. The number of aromatic amines is 1. The van der Waals surface area contributed by atoms with Gasteiger partial charge in [0.25, 0.3) is 0 Å². The molecule has 3 N–H and O–H groups in total. The predicted octanol–water partition coefficient (Wildman–Crippen LogP) is -0.177. The number of rotatable bonds is 2. The van der Waals surface area contributed by atoms with Crippen molar-refractivity contribution in [1.82, 2.24) is 20.2 Å². The molecule has 0 aliphatic rings. The van der Waals surface area contributed by atoms with E-state index < -0.39 is 10.0 Å².